The molecule has 0 aliphatic carbocycles. The highest BCUT2D eigenvalue weighted by atomic mass is 16.5. The van der Waals surface area contributed by atoms with Gasteiger partial charge in [0.15, 0.2) is 6.61 Å². The van der Waals surface area contributed by atoms with Crippen molar-refractivity contribution < 1.29 is 14.3 Å². The molecule has 5 nitrogen and oxygen atoms in total. The lowest BCUT2D eigenvalue weighted by Gasteiger charge is -2.06. The Labute approximate surface area is 142 Å². The third kappa shape index (κ3) is 5.76. The van der Waals surface area contributed by atoms with E-state index in [0.29, 0.717) is 5.75 Å². The molecule has 0 spiro atoms. The summed E-state index contributed by atoms with van der Waals surface area (Å²) < 4.78 is 10.5. The zero-order chi connectivity index (χ0) is 17.2. The summed E-state index contributed by atoms with van der Waals surface area (Å²) in [6, 6.07) is 15.1. The number of rotatable bonds is 8. The Balaban J connectivity index is 1.75. The summed E-state index contributed by atoms with van der Waals surface area (Å²) in [5.41, 5.74) is 4.56. The molecule has 0 unspecified atom stereocenters. The van der Waals surface area contributed by atoms with Gasteiger partial charge in [-0.1, -0.05) is 25.5 Å². The van der Waals surface area contributed by atoms with Crippen LogP contribution < -0.4 is 14.9 Å². The SMILES string of the molecule is CCCc1ccc(OCC(=O)N/N=C\c2ccc(OC)cc2)cc1. The van der Waals surface area contributed by atoms with Crippen LogP contribution in [0.15, 0.2) is 53.6 Å². The standard InChI is InChI=1S/C19H22N2O3/c1-3-4-15-5-11-18(12-6-15)24-14-19(22)21-20-13-16-7-9-17(23-2)10-8-16/h5-13H,3-4,14H2,1-2H3,(H,21,22)/b20-13-. The smallest absolute Gasteiger partial charge is 0.277 e. The van der Waals surface area contributed by atoms with Crippen molar-refractivity contribution in [3.63, 3.8) is 0 Å². The maximum absolute atomic E-state index is 11.7. The fourth-order valence-electron chi connectivity index (χ4n) is 2.09. The highest BCUT2D eigenvalue weighted by molar-refractivity contribution is 5.83. The van der Waals surface area contributed by atoms with Crippen LogP contribution >= 0.6 is 0 Å². The van der Waals surface area contributed by atoms with Gasteiger partial charge in [-0.25, -0.2) is 5.43 Å². The highest BCUT2D eigenvalue weighted by Crippen LogP contribution is 2.13. The summed E-state index contributed by atoms with van der Waals surface area (Å²) in [5, 5.41) is 3.90. The molecule has 0 aliphatic heterocycles. The lowest BCUT2D eigenvalue weighted by molar-refractivity contribution is -0.123. The van der Waals surface area contributed by atoms with E-state index < -0.39 is 0 Å². The second-order valence-corrected chi connectivity index (χ2v) is 5.25. The molecule has 0 fully saturated rings. The largest absolute Gasteiger partial charge is 0.497 e. The number of nitrogens with one attached hydrogen (secondary N) is 1. The third-order valence-corrected chi connectivity index (χ3v) is 3.35. The van der Waals surface area contributed by atoms with Crippen molar-refractivity contribution in [2.45, 2.75) is 19.8 Å². The number of carbonyl (C=O) groups is 1. The molecule has 0 saturated carbocycles. The molecule has 0 heterocycles. The molecule has 1 amide bonds. The first kappa shape index (κ1) is 17.5. The molecule has 0 aromatic heterocycles. The Hall–Kier alpha value is -2.82. The summed E-state index contributed by atoms with van der Waals surface area (Å²) >= 11 is 0. The van der Waals surface area contributed by atoms with Crippen LogP contribution in [-0.4, -0.2) is 25.8 Å². The molecule has 5 heteroatoms. The average Bonchev–Trinajstić information content (AvgIpc) is 2.62. The zero-order valence-corrected chi connectivity index (χ0v) is 14.0. The lowest BCUT2D eigenvalue weighted by atomic mass is 10.1. The number of amides is 1. The van der Waals surface area contributed by atoms with Crippen LogP contribution in [0.25, 0.3) is 0 Å². The van der Waals surface area contributed by atoms with E-state index in [9.17, 15) is 4.79 Å². The number of hydrogen-bond donors (Lipinski definition) is 1. The van der Waals surface area contributed by atoms with E-state index in [0.717, 1.165) is 24.2 Å². The molecule has 0 atom stereocenters. The summed E-state index contributed by atoms with van der Waals surface area (Å²) in [6.45, 7) is 2.06. The fraction of sp³-hybridized carbons (Fsp3) is 0.263. The van der Waals surface area contributed by atoms with Crippen LogP contribution in [0.2, 0.25) is 0 Å². The number of benzene rings is 2. The first-order valence-corrected chi connectivity index (χ1v) is 7.89. The van der Waals surface area contributed by atoms with Gasteiger partial charge in [-0.3, -0.25) is 4.79 Å². The van der Waals surface area contributed by atoms with E-state index in [4.69, 9.17) is 9.47 Å². The topological polar surface area (TPSA) is 59.9 Å². The van der Waals surface area contributed by atoms with Gasteiger partial charge >= 0.3 is 0 Å². The molecule has 0 radical (unpaired) electrons. The van der Waals surface area contributed by atoms with Gasteiger partial charge in [-0.2, -0.15) is 5.10 Å². The predicted molar refractivity (Wildman–Crippen MR) is 94.7 cm³/mol. The Kier molecular flexibility index (Phi) is 6.83. The number of methoxy groups -OCH3 is 1. The number of carbonyl (C=O) groups excluding carboxylic acids is 1. The molecule has 0 saturated heterocycles. The second kappa shape index (κ2) is 9.35. The number of nitrogens with zero attached hydrogens (tertiary/aromatic N) is 1. The highest BCUT2D eigenvalue weighted by Gasteiger charge is 2.01. The van der Waals surface area contributed by atoms with E-state index in [1.807, 2.05) is 48.5 Å². The van der Waals surface area contributed by atoms with Gasteiger partial charge in [-0.15, -0.1) is 0 Å². The Bertz CT molecular complexity index is 664. The van der Waals surface area contributed by atoms with Gasteiger partial charge in [0.05, 0.1) is 13.3 Å². The molecule has 0 aliphatic rings. The molecule has 2 aromatic carbocycles. The summed E-state index contributed by atoms with van der Waals surface area (Å²) in [7, 11) is 1.61. The van der Waals surface area contributed by atoms with Crippen LogP contribution in [-0.2, 0) is 11.2 Å². The van der Waals surface area contributed by atoms with Crippen LogP contribution in [0.4, 0.5) is 0 Å². The van der Waals surface area contributed by atoms with Gasteiger partial charge < -0.3 is 9.47 Å². The summed E-state index contributed by atoms with van der Waals surface area (Å²) in [6.07, 6.45) is 3.71. The molecule has 1 N–H and O–H groups in total. The van der Waals surface area contributed by atoms with E-state index in [1.165, 1.54) is 5.56 Å². The van der Waals surface area contributed by atoms with E-state index in [-0.39, 0.29) is 12.5 Å². The van der Waals surface area contributed by atoms with Crippen LogP contribution in [0.5, 0.6) is 11.5 Å². The lowest BCUT2D eigenvalue weighted by Crippen LogP contribution is -2.24. The Morgan fingerprint density at radius 3 is 2.38 bits per heavy atom. The first-order valence-electron chi connectivity index (χ1n) is 7.89. The normalized spacial score (nSPS) is 10.6. The van der Waals surface area contributed by atoms with Gasteiger partial charge in [0.1, 0.15) is 11.5 Å². The van der Waals surface area contributed by atoms with Gasteiger partial charge in [0.25, 0.3) is 5.91 Å². The quantitative estimate of drug-likeness (QED) is 0.599. The van der Waals surface area contributed by atoms with E-state index in [1.54, 1.807) is 13.3 Å². The molecule has 0 bridgehead atoms. The third-order valence-electron chi connectivity index (χ3n) is 3.35. The minimum Gasteiger partial charge on any atom is -0.497 e. The predicted octanol–water partition coefficient (Wildman–Crippen LogP) is 3.18. The Morgan fingerprint density at radius 1 is 1.08 bits per heavy atom. The number of hydrogen-bond acceptors (Lipinski definition) is 4. The maximum Gasteiger partial charge on any atom is 0.277 e. The monoisotopic (exact) mass is 326 g/mol. The van der Waals surface area contributed by atoms with Crippen molar-refractivity contribution in [1.82, 2.24) is 5.43 Å². The summed E-state index contributed by atoms with van der Waals surface area (Å²) in [4.78, 5) is 11.7. The molecular formula is C19H22N2O3. The number of hydrazone groups is 1. The molecule has 2 aromatic rings. The van der Waals surface area contributed by atoms with Crippen LogP contribution in [0.3, 0.4) is 0 Å². The number of aryl methyl sites for hydroxylation is 1. The van der Waals surface area contributed by atoms with E-state index >= 15 is 0 Å². The minimum atomic E-state index is -0.308. The van der Waals surface area contributed by atoms with E-state index in [2.05, 4.69) is 17.5 Å². The minimum absolute atomic E-state index is 0.0763. The first-order chi connectivity index (χ1) is 11.7. The van der Waals surface area contributed by atoms with Crippen molar-refractivity contribution in [3.8, 4) is 11.5 Å². The molecular weight excluding hydrogens is 304 g/mol. The van der Waals surface area contributed by atoms with Gasteiger partial charge in [0.2, 0.25) is 0 Å². The molecule has 24 heavy (non-hydrogen) atoms. The van der Waals surface area contributed by atoms with Gasteiger partial charge in [-0.05, 0) is 53.9 Å². The van der Waals surface area contributed by atoms with Crippen molar-refractivity contribution in [2.24, 2.45) is 5.10 Å². The maximum atomic E-state index is 11.7. The van der Waals surface area contributed by atoms with Crippen LogP contribution in [0.1, 0.15) is 24.5 Å². The number of ether oxygens (including phenoxy) is 2. The summed E-state index contributed by atoms with van der Waals surface area (Å²) in [5.74, 6) is 1.14. The average molecular weight is 326 g/mol. The molecule has 2 rings (SSSR count). The van der Waals surface area contributed by atoms with Crippen molar-refractivity contribution in [3.05, 3.63) is 59.7 Å². The van der Waals surface area contributed by atoms with Gasteiger partial charge in [0, 0.05) is 0 Å². The van der Waals surface area contributed by atoms with Crippen molar-refractivity contribution in [1.29, 1.82) is 0 Å². The van der Waals surface area contributed by atoms with Crippen LogP contribution in [0, 0.1) is 0 Å². The molecule has 126 valence electrons. The Morgan fingerprint density at radius 2 is 1.75 bits per heavy atom. The van der Waals surface area contributed by atoms with Crippen molar-refractivity contribution in [2.75, 3.05) is 13.7 Å². The fourth-order valence-corrected chi connectivity index (χ4v) is 2.09. The van der Waals surface area contributed by atoms with Crippen molar-refractivity contribution >= 4 is 12.1 Å². The zero-order valence-electron chi connectivity index (χ0n) is 14.0. The second-order valence-electron chi connectivity index (χ2n) is 5.25.